The molecule has 1 fully saturated rings. The monoisotopic (exact) mass is 559 g/mol. The highest BCUT2D eigenvalue weighted by molar-refractivity contribution is 6.03. The highest BCUT2D eigenvalue weighted by Gasteiger charge is 2.31. The largest absolute Gasteiger partial charge is 0.496 e. The number of hydrogen-bond donors (Lipinski definition) is 4. The Labute approximate surface area is 239 Å². The standard InChI is InChI=1S/C26H29N5O5.C5H8/c1-36-20-5-3-2-4-19(20)25(33)29-14-15-6-8-16(9-7-15)22-21(24(28)32)23(27)31(30-22)18-12-10-17(11-13-18)26(34)35;1-3-5-4-2/h2-9,17-18H,10-14,27H2,1H3,(H2,28,32)(H,29,33)(H,34,35);3-5H,1H2,2H3/b;5-4-. The second-order valence-electron chi connectivity index (χ2n) is 9.60. The van der Waals surface area contributed by atoms with Gasteiger partial charge in [0.25, 0.3) is 11.8 Å². The number of aliphatic carboxylic acids is 1. The van der Waals surface area contributed by atoms with Crippen LogP contribution in [0.15, 0.2) is 73.3 Å². The number of rotatable bonds is 9. The van der Waals surface area contributed by atoms with Gasteiger partial charge in [-0.3, -0.25) is 14.4 Å². The molecule has 4 rings (SSSR count). The Kier molecular flexibility index (Phi) is 10.9. The van der Waals surface area contributed by atoms with Gasteiger partial charge in [-0.25, -0.2) is 4.68 Å². The van der Waals surface area contributed by atoms with Crippen LogP contribution in [0.4, 0.5) is 5.82 Å². The van der Waals surface area contributed by atoms with Crippen LogP contribution in [0, 0.1) is 5.92 Å². The number of nitrogens with one attached hydrogen (secondary N) is 1. The fourth-order valence-electron chi connectivity index (χ4n) is 4.76. The van der Waals surface area contributed by atoms with Gasteiger partial charge < -0.3 is 26.6 Å². The molecule has 0 saturated heterocycles. The van der Waals surface area contributed by atoms with Crippen molar-refractivity contribution in [2.75, 3.05) is 12.8 Å². The van der Waals surface area contributed by atoms with Gasteiger partial charge in [-0.1, -0.05) is 61.2 Å². The van der Waals surface area contributed by atoms with Gasteiger partial charge in [0.2, 0.25) is 0 Å². The number of carboxylic acids is 1. The zero-order valence-corrected chi connectivity index (χ0v) is 23.4. The smallest absolute Gasteiger partial charge is 0.306 e. The number of nitrogen functional groups attached to an aromatic ring is 1. The van der Waals surface area contributed by atoms with E-state index in [2.05, 4.69) is 17.0 Å². The zero-order valence-electron chi connectivity index (χ0n) is 23.4. The zero-order chi connectivity index (χ0) is 29.9. The molecule has 10 heteroatoms. The number of primary amides is 1. The summed E-state index contributed by atoms with van der Waals surface area (Å²) in [6, 6.07) is 14.1. The third-order valence-corrected chi connectivity index (χ3v) is 6.95. The number of hydrogen-bond acceptors (Lipinski definition) is 6. The number of benzene rings is 2. The second-order valence-corrected chi connectivity index (χ2v) is 9.60. The Bertz CT molecular complexity index is 1400. The molecule has 1 aliphatic rings. The van der Waals surface area contributed by atoms with Crippen molar-refractivity contribution >= 4 is 23.6 Å². The maximum atomic E-state index is 12.6. The molecule has 1 saturated carbocycles. The second kappa shape index (κ2) is 14.5. The molecule has 2 amide bonds. The molecule has 1 heterocycles. The molecule has 6 N–H and O–H groups in total. The number of para-hydroxylation sites is 1. The van der Waals surface area contributed by atoms with Gasteiger partial charge >= 0.3 is 5.97 Å². The number of methoxy groups -OCH3 is 1. The molecule has 1 aromatic heterocycles. The molecule has 10 nitrogen and oxygen atoms in total. The number of carbonyl (C=O) groups excluding carboxylic acids is 2. The van der Waals surface area contributed by atoms with Crippen LogP contribution in [0.3, 0.4) is 0 Å². The summed E-state index contributed by atoms with van der Waals surface area (Å²) >= 11 is 0. The highest BCUT2D eigenvalue weighted by atomic mass is 16.5. The first-order chi connectivity index (χ1) is 19.7. The van der Waals surface area contributed by atoms with Gasteiger partial charge in [-0.05, 0) is 50.3 Å². The average Bonchev–Trinajstić information content (AvgIpc) is 3.34. The lowest BCUT2D eigenvalue weighted by atomic mass is 9.86. The predicted octanol–water partition coefficient (Wildman–Crippen LogP) is 4.73. The van der Waals surface area contributed by atoms with Crippen molar-refractivity contribution in [1.29, 1.82) is 0 Å². The van der Waals surface area contributed by atoms with E-state index in [4.69, 9.17) is 16.2 Å². The number of allylic oxidation sites excluding steroid dienone is 3. The first-order valence-electron chi connectivity index (χ1n) is 13.4. The van der Waals surface area contributed by atoms with Crippen LogP contribution in [0.1, 0.15) is 64.9 Å². The van der Waals surface area contributed by atoms with Crippen LogP contribution in [-0.4, -0.2) is 39.8 Å². The summed E-state index contributed by atoms with van der Waals surface area (Å²) in [5, 5.41) is 16.7. The van der Waals surface area contributed by atoms with Gasteiger partial charge in [0.1, 0.15) is 22.8 Å². The molecular formula is C31H37N5O5. The lowest BCUT2D eigenvalue weighted by Crippen LogP contribution is -2.25. The van der Waals surface area contributed by atoms with Gasteiger partial charge in [0, 0.05) is 12.1 Å². The molecule has 3 aromatic rings. The van der Waals surface area contributed by atoms with Crippen LogP contribution >= 0.6 is 0 Å². The number of amides is 2. The lowest BCUT2D eigenvalue weighted by Gasteiger charge is -2.26. The van der Waals surface area contributed by atoms with Crippen molar-refractivity contribution in [3.05, 3.63) is 90.0 Å². The third kappa shape index (κ3) is 7.63. The molecule has 0 spiro atoms. The molecule has 1 aliphatic carbocycles. The normalized spacial score (nSPS) is 16.3. The van der Waals surface area contributed by atoms with E-state index in [0.717, 1.165) is 5.56 Å². The summed E-state index contributed by atoms with van der Waals surface area (Å²) in [4.78, 5) is 36.1. The number of anilines is 1. The number of nitrogens with zero attached hydrogens (tertiary/aromatic N) is 2. The van der Waals surface area contributed by atoms with Crippen LogP contribution in [0.25, 0.3) is 11.3 Å². The number of ether oxygens (including phenoxy) is 1. The van der Waals surface area contributed by atoms with E-state index in [1.807, 2.05) is 31.2 Å². The number of carbonyl (C=O) groups is 3. The SMILES string of the molecule is C=C/C=C\C.COc1ccccc1C(=O)NCc1ccc(-c2nn(C3CCC(C(=O)O)CC3)c(N)c2C(N)=O)cc1. The van der Waals surface area contributed by atoms with E-state index in [1.165, 1.54) is 7.11 Å². The minimum atomic E-state index is -0.792. The summed E-state index contributed by atoms with van der Waals surface area (Å²) in [5.74, 6) is -1.42. The van der Waals surface area contributed by atoms with Crippen LogP contribution in [-0.2, 0) is 11.3 Å². The minimum absolute atomic E-state index is 0.100. The maximum absolute atomic E-state index is 12.6. The third-order valence-electron chi connectivity index (χ3n) is 6.95. The van der Waals surface area contributed by atoms with E-state index in [0.29, 0.717) is 54.8 Å². The summed E-state index contributed by atoms with van der Waals surface area (Å²) in [6.45, 7) is 5.72. The van der Waals surface area contributed by atoms with Crippen LogP contribution in [0.2, 0.25) is 0 Å². The molecule has 216 valence electrons. The van der Waals surface area contributed by atoms with Gasteiger partial charge in [-0.2, -0.15) is 5.10 Å². The van der Waals surface area contributed by atoms with Crippen LogP contribution < -0.4 is 21.5 Å². The number of aromatic nitrogens is 2. The summed E-state index contributed by atoms with van der Waals surface area (Å²) in [6.07, 6.45) is 7.83. The number of carboxylic acid groups (broad SMARTS) is 1. The van der Waals surface area contributed by atoms with Gasteiger partial charge in [0.05, 0.1) is 24.6 Å². The highest BCUT2D eigenvalue weighted by Crippen LogP contribution is 2.36. The Morgan fingerprint density at radius 1 is 1.12 bits per heavy atom. The van der Waals surface area contributed by atoms with Crippen molar-refractivity contribution in [2.24, 2.45) is 11.7 Å². The molecule has 2 aromatic carbocycles. The maximum Gasteiger partial charge on any atom is 0.306 e. The van der Waals surface area contributed by atoms with Crippen molar-refractivity contribution in [1.82, 2.24) is 15.1 Å². The number of nitrogens with two attached hydrogens (primary N) is 2. The summed E-state index contributed by atoms with van der Waals surface area (Å²) < 4.78 is 6.85. The van der Waals surface area contributed by atoms with E-state index in [1.54, 1.807) is 47.2 Å². The van der Waals surface area contributed by atoms with Gasteiger partial charge in [0.15, 0.2) is 0 Å². The van der Waals surface area contributed by atoms with E-state index in [-0.39, 0.29) is 29.2 Å². The molecule has 41 heavy (non-hydrogen) atoms. The molecular weight excluding hydrogens is 522 g/mol. The molecule has 0 unspecified atom stereocenters. The molecule has 0 atom stereocenters. The van der Waals surface area contributed by atoms with Crippen molar-refractivity contribution < 1.29 is 24.2 Å². The quantitative estimate of drug-likeness (QED) is 0.275. The average molecular weight is 560 g/mol. The Hall–Kier alpha value is -4.86. The Morgan fingerprint density at radius 2 is 1.78 bits per heavy atom. The summed E-state index contributed by atoms with van der Waals surface area (Å²) in [7, 11) is 1.51. The lowest BCUT2D eigenvalue weighted by molar-refractivity contribution is -0.143. The van der Waals surface area contributed by atoms with E-state index < -0.39 is 11.9 Å². The first-order valence-corrected chi connectivity index (χ1v) is 13.4. The fourth-order valence-corrected chi connectivity index (χ4v) is 4.76. The van der Waals surface area contributed by atoms with Crippen molar-refractivity contribution in [3.8, 4) is 17.0 Å². The fraction of sp³-hybridized carbons (Fsp3) is 0.290. The minimum Gasteiger partial charge on any atom is -0.496 e. The molecule has 0 aliphatic heterocycles. The van der Waals surface area contributed by atoms with E-state index in [9.17, 15) is 19.5 Å². The topological polar surface area (TPSA) is 163 Å². The first kappa shape index (κ1) is 30.7. The summed E-state index contributed by atoms with van der Waals surface area (Å²) in [5.41, 5.74) is 14.4. The van der Waals surface area contributed by atoms with Crippen LogP contribution in [0.5, 0.6) is 5.75 Å². The molecule has 0 bridgehead atoms. The van der Waals surface area contributed by atoms with Crippen molar-refractivity contribution in [3.63, 3.8) is 0 Å². The van der Waals surface area contributed by atoms with Crippen molar-refractivity contribution in [2.45, 2.75) is 45.2 Å². The predicted molar refractivity (Wildman–Crippen MR) is 158 cm³/mol. The Balaban J connectivity index is 0.000000850. The molecule has 0 radical (unpaired) electrons. The van der Waals surface area contributed by atoms with Gasteiger partial charge in [-0.15, -0.1) is 0 Å². The Morgan fingerprint density at radius 3 is 2.32 bits per heavy atom. The van der Waals surface area contributed by atoms with E-state index >= 15 is 0 Å².